The summed E-state index contributed by atoms with van der Waals surface area (Å²) >= 11 is 0. The molecule has 35 heavy (non-hydrogen) atoms. The number of hydrogen-bond acceptors (Lipinski definition) is 8. The van der Waals surface area contributed by atoms with Gasteiger partial charge in [-0.2, -0.15) is 10.2 Å². The van der Waals surface area contributed by atoms with Crippen molar-refractivity contribution in [2.75, 3.05) is 18.5 Å². The molecule has 0 unspecified atom stereocenters. The molecular weight excluding hydrogens is 446 g/mol. The molecule has 1 saturated carbocycles. The van der Waals surface area contributed by atoms with Crippen molar-refractivity contribution in [3.05, 3.63) is 48.2 Å². The average Bonchev–Trinajstić information content (AvgIpc) is 3.59. The smallest absolute Gasteiger partial charge is 0.169 e. The van der Waals surface area contributed by atoms with Crippen LogP contribution in [0.15, 0.2) is 36.7 Å². The van der Waals surface area contributed by atoms with Crippen molar-refractivity contribution in [3.63, 3.8) is 0 Å². The fourth-order valence-corrected chi connectivity index (χ4v) is 5.02. The van der Waals surface area contributed by atoms with Crippen LogP contribution < -0.4 is 10.1 Å². The maximum atomic E-state index is 6.21. The summed E-state index contributed by atoms with van der Waals surface area (Å²) in [6.07, 6.45) is 7.88. The van der Waals surface area contributed by atoms with Crippen LogP contribution in [0.5, 0.6) is 5.75 Å². The molecule has 0 amide bonds. The van der Waals surface area contributed by atoms with E-state index in [1.165, 1.54) is 0 Å². The number of nitrogens with one attached hydrogen (secondary N) is 1. The van der Waals surface area contributed by atoms with E-state index in [1.54, 1.807) is 6.20 Å². The lowest BCUT2D eigenvalue weighted by Crippen LogP contribution is -2.28. The van der Waals surface area contributed by atoms with Gasteiger partial charge in [0.15, 0.2) is 17.4 Å². The van der Waals surface area contributed by atoms with Gasteiger partial charge in [-0.15, -0.1) is 0 Å². The van der Waals surface area contributed by atoms with Gasteiger partial charge < -0.3 is 19.5 Å². The number of nitrogens with zero attached hydrogens (tertiary/aromatic N) is 6. The minimum absolute atomic E-state index is 0.0684. The number of fused-ring (bicyclic) bond motifs is 1. The van der Waals surface area contributed by atoms with Gasteiger partial charge in [-0.05, 0) is 38.8 Å². The van der Waals surface area contributed by atoms with E-state index in [0.29, 0.717) is 19.0 Å². The van der Waals surface area contributed by atoms with Gasteiger partial charge in [0.1, 0.15) is 30.0 Å². The quantitative estimate of drug-likeness (QED) is 0.447. The third-order valence-corrected chi connectivity index (χ3v) is 6.57. The molecule has 1 atom stereocenters. The van der Waals surface area contributed by atoms with Gasteiger partial charge in [-0.3, -0.25) is 4.68 Å². The average molecular weight is 476 g/mol. The van der Waals surface area contributed by atoms with Crippen molar-refractivity contribution in [1.82, 2.24) is 29.4 Å². The van der Waals surface area contributed by atoms with Crippen molar-refractivity contribution in [1.29, 1.82) is 0 Å². The zero-order valence-corrected chi connectivity index (χ0v) is 20.2. The Labute approximate surface area is 203 Å². The van der Waals surface area contributed by atoms with Gasteiger partial charge in [0.05, 0.1) is 18.3 Å². The third-order valence-electron chi connectivity index (χ3n) is 6.57. The van der Waals surface area contributed by atoms with Gasteiger partial charge >= 0.3 is 0 Å². The number of ether oxygens (including phenoxy) is 3. The summed E-state index contributed by atoms with van der Waals surface area (Å²) in [7, 11) is 1.91. The van der Waals surface area contributed by atoms with E-state index in [1.807, 2.05) is 54.5 Å². The molecule has 2 fully saturated rings. The molecule has 1 saturated heterocycles. The fourth-order valence-electron chi connectivity index (χ4n) is 5.02. The molecule has 0 aromatic carbocycles. The number of anilines is 2. The molecule has 0 radical (unpaired) electrons. The number of rotatable bonds is 6. The van der Waals surface area contributed by atoms with Crippen molar-refractivity contribution >= 4 is 17.2 Å². The molecule has 6 rings (SSSR count). The van der Waals surface area contributed by atoms with Crippen LogP contribution in [0.4, 0.5) is 11.6 Å². The van der Waals surface area contributed by atoms with E-state index in [-0.39, 0.29) is 11.9 Å². The van der Waals surface area contributed by atoms with Crippen LogP contribution in [0.25, 0.3) is 16.8 Å². The van der Waals surface area contributed by atoms with Crippen molar-refractivity contribution < 1.29 is 14.2 Å². The molecule has 1 aliphatic heterocycles. The van der Waals surface area contributed by atoms with Gasteiger partial charge in [0, 0.05) is 49.5 Å². The molecule has 2 aliphatic rings. The summed E-state index contributed by atoms with van der Waals surface area (Å²) in [6.45, 7) is 4.82. The molecule has 1 aliphatic carbocycles. The summed E-state index contributed by atoms with van der Waals surface area (Å²) in [5.41, 5.74) is 3.74. The Morgan fingerprint density at radius 3 is 2.83 bits per heavy atom. The topological polar surface area (TPSA) is 101 Å². The Balaban J connectivity index is 1.20. The van der Waals surface area contributed by atoms with Crippen molar-refractivity contribution in [2.45, 2.75) is 51.4 Å². The van der Waals surface area contributed by atoms with E-state index in [4.69, 9.17) is 14.2 Å². The summed E-state index contributed by atoms with van der Waals surface area (Å²) < 4.78 is 22.0. The lowest BCUT2D eigenvalue weighted by atomic mass is 10.1. The second-order valence-electron chi connectivity index (χ2n) is 9.34. The summed E-state index contributed by atoms with van der Waals surface area (Å²) in [4.78, 5) is 8.76. The maximum Gasteiger partial charge on any atom is 0.169 e. The second-order valence-corrected chi connectivity index (χ2v) is 9.34. The summed E-state index contributed by atoms with van der Waals surface area (Å²) in [5, 5.41) is 12.3. The van der Waals surface area contributed by atoms with Crippen LogP contribution in [-0.4, -0.2) is 54.5 Å². The highest BCUT2D eigenvalue weighted by molar-refractivity contribution is 5.72. The van der Waals surface area contributed by atoms with Crippen molar-refractivity contribution in [2.24, 2.45) is 7.05 Å². The Bertz CT molecular complexity index is 1350. The Morgan fingerprint density at radius 2 is 2.00 bits per heavy atom. The molecule has 1 N–H and O–H groups in total. The van der Waals surface area contributed by atoms with E-state index in [9.17, 15) is 0 Å². The van der Waals surface area contributed by atoms with E-state index >= 15 is 0 Å². The first-order valence-electron chi connectivity index (χ1n) is 12.0. The van der Waals surface area contributed by atoms with Crippen LogP contribution in [0.1, 0.15) is 37.2 Å². The molecule has 5 heterocycles. The fraction of sp³-hybridized carbons (Fsp3) is 0.440. The van der Waals surface area contributed by atoms with Gasteiger partial charge in [0.25, 0.3) is 0 Å². The van der Waals surface area contributed by atoms with E-state index < -0.39 is 0 Å². The maximum absolute atomic E-state index is 6.21. The van der Waals surface area contributed by atoms with Gasteiger partial charge in [-0.1, -0.05) is 0 Å². The molecular formula is C25H29N7O3. The van der Waals surface area contributed by atoms with Gasteiger partial charge in [-0.25, -0.2) is 14.5 Å². The number of aryl methyl sites for hydroxylation is 3. The molecule has 10 nitrogen and oxygen atoms in total. The van der Waals surface area contributed by atoms with Crippen LogP contribution in [0, 0.1) is 13.8 Å². The lowest BCUT2D eigenvalue weighted by Gasteiger charge is -2.21. The van der Waals surface area contributed by atoms with Crippen LogP contribution in [-0.2, 0) is 16.5 Å². The molecule has 182 valence electrons. The number of hydrogen-bond donors (Lipinski definition) is 1. The molecule has 1 spiro atoms. The molecule has 4 aromatic heterocycles. The molecule has 10 heteroatoms. The SMILES string of the molecule is Cc1cc(Nc2cc3cc(-c4c(OC[C@H]5COC6(CCCC6)O5)cnn4C)ccn3n2)nc(C)n1. The van der Waals surface area contributed by atoms with Crippen molar-refractivity contribution in [3.8, 4) is 17.0 Å². The number of aromatic nitrogens is 6. The van der Waals surface area contributed by atoms with Gasteiger partial charge in [0.2, 0.25) is 0 Å². The number of pyridine rings is 1. The molecule has 4 aromatic rings. The lowest BCUT2D eigenvalue weighted by molar-refractivity contribution is -0.164. The second kappa shape index (κ2) is 8.62. The highest BCUT2D eigenvalue weighted by Crippen LogP contribution is 2.39. The standard InChI is InChI=1S/C25H29N7O3/c1-16-10-22(28-17(2)27-16)29-23-12-19-11-18(6-9-32(19)30-23)24-21(13-26-31(24)3)33-14-20-15-34-25(35-20)7-4-5-8-25/h6,9-13,20H,4-5,7-8,14-15H2,1-3H3,(H,27,28,29,30)/t20-/m0/s1. The Morgan fingerprint density at radius 1 is 1.14 bits per heavy atom. The third kappa shape index (κ3) is 4.35. The first kappa shape index (κ1) is 22.0. The zero-order chi connectivity index (χ0) is 24.0. The minimum Gasteiger partial charge on any atom is -0.487 e. The summed E-state index contributed by atoms with van der Waals surface area (Å²) in [5.74, 6) is 2.49. The first-order chi connectivity index (χ1) is 17.0. The highest BCUT2D eigenvalue weighted by atomic mass is 16.8. The largest absolute Gasteiger partial charge is 0.487 e. The Kier molecular flexibility index (Phi) is 5.42. The molecule has 0 bridgehead atoms. The van der Waals surface area contributed by atoms with E-state index in [2.05, 4.69) is 31.5 Å². The van der Waals surface area contributed by atoms with Crippen LogP contribution in [0.3, 0.4) is 0 Å². The normalized spacial score (nSPS) is 19.1. The van der Waals surface area contributed by atoms with Crippen LogP contribution in [0.2, 0.25) is 0 Å². The Hall–Kier alpha value is -3.50. The van der Waals surface area contributed by atoms with Crippen LogP contribution >= 0.6 is 0 Å². The first-order valence-corrected chi connectivity index (χ1v) is 12.0. The highest BCUT2D eigenvalue weighted by Gasteiger charge is 2.43. The zero-order valence-electron chi connectivity index (χ0n) is 20.2. The predicted molar refractivity (Wildman–Crippen MR) is 130 cm³/mol. The monoisotopic (exact) mass is 475 g/mol. The van der Waals surface area contributed by atoms with E-state index in [0.717, 1.165) is 65.5 Å². The summed E-state index contributed by atoms with van der Waals surface area (Å²) in [6, 6.07) is 7.96. The minimum atomic E-state index is -0.381. The predicted octanol–water partition coefficient (Wildman–Crippen LogP) is 3.95.